The Hall–Kier alpha value is -1.63. The summed E-state index contributed by atoms with van der Waals surface area (Å²) >= 11 is 8.89. The van der Waals surface area contributed by atoms with Gasteiger partial charge in [0, 0.05) is 22.0 Å². The smallest absolute Gasteiger partial charge is 0.213 e. The Morgan fingerprint density at radius 2 is 1.89 bits per heavy atom. The van der Waals surface area contributed by atoms with Crippen molar-refractivity contribution < 1.29 is 4.74 Å². The van der Waals surface area contributed by atoms with E-state index in [1.807, 2.05) is 6.07 Å². The molecule has 0 amide bonds. The summed E-state index contributed by atoms with van der Waals surface area (Å²) in [7, 11) is 0. The van der Waals surface area contributed by atoms with Crippen molar-refractivity contribution in [2.75, 3.05) is 0 Å². The standard InChI is InChI=1S/C21H16Br2N2OS/c1-12-2-4-13(5-3-12)21-25-17(15-10-14(22)6-7-18(15)26-21)11-16(24-25)19-8-9-20(23)27-19/h2-10,17,21H,11H2,1H3/t17-,21-/m0/s1. The predicted molar refractivity (Wildman–Crippen MR) is 116 cm³/mol. The lowest BCUT2D eigenvalue weighted by Gasteiger charge is -2.38. The van der Waals surface area contributed by atoms with Gasteiger partial charge in [0.05, 0.1) is 20.4 Å². The van der Waals surface area contributed by atoms with Crippen LogP contribution in [-0.2, 0) is 0 Å². The highest BCUT2D eigenvalue weighted by Gasteiger charge is 2.41. The third-order valence-electron chi connectivity index (χ3n) is 4.97. The van der Waals surface area contributed by atoms with Gasteiger partial charge >= 0.3 is 0 Å². The van der Waals surface area contributed by atoms with Gasteiger partial charge in [-0.05, 0) is 53.2 Å². The number of rotatable bonds is 2. The number of thiophene rings is 1. The summed E-state index contributed by atoms with van der Waals surface area (Å²) in [6, 6.07) is 19.2. The molecule has 1 aromatic heterocycles. The molecule has 2 atom stereocenters. The molecule has 2 aromatic carbocycles. The Balaban J connectivity index is 1.60. The van der Waals surface area contributed by atoms with Gasteiger partial charge in [-0.15, -0.1) is 11.3 Å². The summed E-state index contributed by atoms with van der Waals surface area (Å²) in [5.41, 5.74) is 4.66. The average Bonchev–Trinajstić information content (AvgIpc) is 3.28. The van der Waals surface area contributed by atoms with Gasteiger partial charge in [0.15, 0.2) is 0 Å². The van der Waals surface area contributed by atoms with E-state index >= 15 is 0 Å². The molecule has 0 saturated heterocycles. The van der Waals surface area contributed by atoms with Crippen molar-refractivity contribution in [3.8, 4) is 5.75 Å². The van der Waals surface area contributed by atoms with Crippen molar-refractivity contribution in [1.29, 1.82) is 0 Å². The van der Waals surface area contributed by atoms with Gasteiger partial charge in [-0.25, -0.2) is 5.01 Å². The zero-order valence-corrected chi connectivity index (χ0v) is 18.5. The largest absolute Gasteiger partial charge is 0.464 e. The molecular weight excluding hydrogens is 488 g/mol. The zero-order chi connectivity index (χ0) is 18.5. The van der Waals surface area contributed by atoms with Crippen LogP contribution in [-0.4, -0.2) is 10.7 Å². The molecule has 0 radical (unpaired) electrons. The van der Waals surface area contributed by atoms with E-state index in [9.17, 15) is 0 Å². The first-order valence-corrected chi connectivity index (χ1v) is 11.1. The second-order valence-corrected chi connectivity index (χ2v) is 10.2. The third kappa shape index (κ3) is 3.13. The van der Waals surface area contributed by atoms with Crippen LogP contribution < -0.4 is 4.74 Å². The number of ether oxygens (including phenoxy) is 1. The molecule has 2 aliphatic heterocycles. The number of nitrogens with zero attached hydrogens (tertiary/aromatic N) is 2. The molecule has 136 valence electrons. The second kappa shape index (κ2) is 6.76. The van der Waals surface area contributed by atoms with E-state index in [0.717, 1.165) is 31.7 Å². The van der Waals surface area contributed by atoms with Crippen LogP contribution >= 0.6 is 43.2 Å². The highest BCUT2D eigenvalue weighted by atomic mass is 79.9. The summed E-state index contributed by atoms with van der Waals surface area (Å²) in [5.74, 6) is 0.939. The molecule has 0 N–H and O–H groups in total. The maximum atomic E-state index is 6.41. The number of fused-ring (bicyclic) bond motifs is 3. The SMILES string of the molecule is Cc1ccc([C@@H]2Oc3ccc(Br)cc3[C@@H]3CC(c4ccc(Br)s4)=NN32)cc1. The van der Waals surface area contributed by atoms with Gasteiger partial charge in [0.2, 0.25) is 6.23 Å². The van der Waals surface area contributed by atoms with E-state index in [4.69, 9.17) is 9.84 Å². The predicted octanol–water partition coefficient (Wildman–Crippen LogP) is 6.82. The van der Waals surface area contributed by atoms with Crippen molar-refractivity contribution >= 4 is 48.9 Å². The zero-order valence-electron chi connectivity index (χ0n) is 14.5. The number of hydrogen-bond donors (Lipinski definition) is 0. The van der Waals surface area contributed by atoms with Crippen LogP contribution in [0.2, 0.25) is 0 Å². The van der Waals surface area contributed by atoms with E-state index in [-0.39, 0.29) is 12.3 Å². The molecule has 0 unspecified atom stereocenters. The molecule has 0 bridgehead atoms. The van der Waals surface area contributed by atoms with Gasteiger partial charge in [-0.3, -0.25) is 0 Å². The Morgan fingerprint density at radius 1 is 1.07 bits per heavy atom. The molecule has 0 aliphatic carbocycles. The Kier molecular flexibility index (Phi) is 4.37. The van der Waals surface area contributed by atoms with Gasteiger partial charge in [-0.1, -0.05) is 45.8 Å². The summed E-state index contributed by atoms with van der Waals surface area (Å²) in [6.45, 7) is 2.10. The van der Waals surface area contributed by atoms with Gasteiger partial charge < -0.3 is 4.74 Å². The lowest BCUT2D eigenvalue weighted by atomic mass is 9.97. The summed E-state index contributed by atoms with van der Waals surface area (Å²) < 4.78 is 8.59. The Labute approximate surface area is 178 Å². The number of halogens is 2. The molecule has 3 nitrogen and oxygen atoms in total. The molecule has 0 spiro atoms. The van der Waals surface area contributed by atoms with Crippen LogP contribution in [0.4, 0.5) is 0 Å². The van der Waals surface area contributed by atoms with Crippen LogP contribution in [0.3, 0.4) is 0 Å². The number of aryl methyl sites for hydroxylation is 1. The summed E-state index contributed by atoms with van der Waals surface area (Å²) in [4.78, 5) is 1.20. The van der Waals surface area contributed by atoms with Crippen molar-refractivity contribution in [2.45, 2.75) is 25.6 Å². The highest BCUT2D eigenvalue weighted by molar-refractivity contribution is 9.11. The summed E-state index contributed by atoms with van der Waals surface area (Å²) in [5, 5.41) is 7.13. The molecular formula is C21H16Br2N2OS. The van der Waals surface area contributed by atoms with Crippen LogP contribution in [0.5, 0.6) is 5.75 Å². The highest BCUT2D eigenvalue weighted by Crippen LogP contribution is 2.48. The van der Waals surface area contributed by atoms with Crippen molar-refractivity contribution in [1.82, 2.24) is 5.01 Å². The van der Waals surface area contributed by atoms with E-state index in [2.05, 4.69) is 92.3 Å². The fourth-order valence-corrected chi connectivity index (χ4v) is 5.39. The molecule has 0 saturated carbocycles. The summed E-state index contributed by atoms with van der Waals surface area (Å²) in [6.07, 6.45) is 0.660. The first-order chi connectivity index (χ1) is 13.1. The first-order valence-electron chi connectivity index (χ1n) is 8.73. The van der Waals surface area contributed by atoms with Crippen LogP contribution in [0.15, 0.2) is 68.0 Å². The fraction of sp³-hybridized carbons (Fsp3) is 0.190. The lowest BCUT2D eigenvalue weighted by molar-refractivity contribution is -0.0190. The van der Waals surface area contributed by atoms with E-state index in [0.29, 0.717) is 0 Å². The van der Waals surface area contributed by atoms with Gasteiger partial charge in [-0.2, -0.15) is 5.10 Å². The van der Waals surface area contributed by atoms with Crippen LogP contribution in [0, 0.1) is 6.92 Å². The van der Waals surface area contributed by atoms with Gasteiger partial charge in [0.1, 0.15) is 5.75 Å². The number of benzene rings is 2. The minimum Gasteiger partial charge on any atom is -0.464 e. The van der Waals surface area contributed by atoms with E-state index < -0.39 is 0 Å². The topological polar surface area (TPSA) is 24.8 Å². The quantitative estimate of drug-likeness (QED) is 0.383. The van der Waals surface area contributed by atoms with Crippen molar-refractivity contribution in [3.05, 3.63) is 84.4 Å². The molecule has 2 aliphatic rings. The molecule has 3 heterocycles. The number of hydrazone groups is 1. The van der Waals surface area contributed by atoms with E-state index in [1.54, 1.807) is 11.3 Å². The molecule has 6 heteroatoms. The van der Waals surface area contributed by atoms with Crippen molar-refractivity contribution in [3.63, 3.8) is 0 Å². The lowest BCUT2D eigenvalue weighted by Crippen LogP contribution is -2.33. The maximum Gasteiger partial charge on any atom is 0.213 e. The van der Waals surface area contributed by atoms with Crippen LogP contribution in [0.1, 0.15) is 40.3 Å². The van der Waals surface area contributed by atoms with Gasteiger partial charge in [0.25, 0.3) is 0 Å². The first kappa shape index (κ1) is 17.5. The third-order valence-corrected chi connectivity index (χ3v) is 7.14. The van der Waals surface area contributed by atoms with E-state index in [1.165, 1.54) is 16.0 Å². The fourth-order valence-electron chi connectivity index (χ4n) is 3.63. The Bertz CT molecular complexity index is 1040. The monoisotopic (exact) mass is 502 g/mol. The molecule has 3 aromatic rings. The number of hydrogen-bond acceptors (Lipinski definition) is 4. The minimum atomic E-state index is -0.217. The minimum absolute atomic E-state index is 0.174. The second-order valence-electron chi connectivity index (χ2n) is 6.81. The normalized spacial score (nSPS) is 20.7. The molecule has 27 heavy (non-hydrogen) atoms. The average molecular weight is 504 g/mol. The molecule has 0 fully saturated rings. The molecule has 5 rings (SSSR count). The van der Waals surface area contributed by atoms with Crippen LogP contribution in [0.25, 0.3) is 0 Å². The maximum absolute atomic E-state index is 6.41. The van der Waals surface area contributed by atoms with Crippen molar-refractivity contribution in [2.24, 2.45) is 5.10 Å². The Morgan fingerprint density at radius 3 is 2.63 bits per heavy atom.